The van der Waals surface area contributed by atoms with Crippen molar-refractivity contribution in [3.05, 3.63) is 53.9 Å². The largest absolute Gasteiger partial charge is 0.497 e. The van der Waals surface area contributed by atoms with Crippen LogP contribution in [0.15, 0.2) is 47.0 Å². The molecule has 0 spiro atoms. The number of nitrogens with one attached hydrogen (secondary N) is 1. The number of carbonyl (C=O) groups excluding carboxylic acids is 1. The highest BCUT2D eigenvalue weighted by atomic mass is 16.5. The summed E-state index contributed by atoms with van der Waals surface area (Å²) < 4.78 is 21.3. The van der Waals surface area contributed by atoms with E-state index >= 15 is 0 Å². The summed E-state index contributed by atoms with van der Waals surface area (Å²) in [5, 5.41) is 6.73. The third-order valence-electron chi connectivity index (χ3n) is 4.11. The average molecular weight is 397 g/mol. The predicted molar refractivity (Wildman–Crippen MR) is 106 cm³/mol. The SMILES string of the molecule is CCCOc1ccc(C(=O)NCc2nc(-c3ccc(OC)cc3OC)no2)cc1. The van der Waals surface area contributed by atoms with Crippen molar-refractivity contribution in [2.24, 2.45) is 0 Å². The number of nitrogens with zero attached hydrogens (tertiary/aromatic N) is 2. The number of amides is 1. The second-order valence-electron chi connectivity index (χ2n) is 6.13. The minimum Gasteiger partial charge on any atom is -0.497 e. The van der Waals surface area contributed by atoms with Crippen molar-refractivity contribution in [1.82, 2.24) is 15.5 Å². The van der Waals surface area contributed by atoms with Crippen LogP contribution in [0.1, 0.15) is 29.6 Å². The zero-order valence-corrected chi connectivity index (χ0v) is 16.6. The molecule has 1 heterocycles. The van der Waals surface area contributed by atoms with Gasteiger partial charge >= 0.3 is 0 Å². The minimum atomic E-state index is -0.242. The summed E-state index contributed by atoms with van der Waals surface area (Å²) in [7, 11) is 3.13. The van der Waals surface area contributed by atoms with E-state index in [1.54, 1.807) is 56.7 Å². The number of aromatic nitrogens is 2. The zero-order valence-electron chi connectivity index (χ0n) is 16.6. The minimum absolute atomic E-state index is 0.110. The first-order chi connectivity index (χ1) is 14.1. The third kappa shape index (κ3) is 5.04. The van der Waals surface area contributed by atoms with E-state index in [-0.39, 0.29) is 18.3 Å². The molecule has 0 fully saturated rings. The van der Waals surface area contributed by atoms with E-state index in [0.717, 1.165) is 12.2 Å². The van der Waals surface area contributed by atoms with Crippen LogP contribution in [0, 0.1) is 0 Å². The standard InChI is InChI=1S/C21H23N3O5/c1-4-11-28-15-7-5-14(6-8-15)21(25)22-13-19-23-20(24-29-19)17-10-9-16(26-2)12-18(17)27-3/h5-10,12H,4,11,13H2,1-3H3,(H,22,25). The second kappa shape index (κ2) is 9.59. The fraction of sp³-hybridized carbons (Fsp3) is 0.286. The van der Waals surface area contributed by atoms with Gasteiger partial charge < -0.3 is 24.1 Å². The Morgan fingerprint density at radius 3 is 2.52 bits per heavy atom. The van der Waals surface area contributed by atoms with E-state index in [4.69, 9.17) is 18.7 Å². The number of carbonyl (C=O) groups is 1. The summed E-state index contributed by atoms with van der Waals surface area (Å²) in [6.45, 7) is 2.79. The van der Waals surface area contributed by atoms with Crippen LogP contribution in [0.2, 0.25) is 0 Å². The van der Waals surface area contributed by atoms with Gasteiger partial charge in [-0.3, -0.25) is 4.79 Å². The molecule has 0 bridgehead atoms. The van der Waals surface area contributed by atoms with Crippen LogP contribution >= 0.6 is 0 Å². The van der Waals surface area contributed by atoms with Crippen molar-refractivity contribution < 1.29 is 23.5 Å². The quantitative estimate of drug-likeness (QED) is 0.590. The highest BCUT2D eigenvalue weighted by molar-refractivity contribution is 5.94. The summed E-state index contributed by atoms with van der Waals surface area (Å²) in [6.07, 6.45) is 0.927. The Balaban J connectivity index is 1.62. The fourth-order valence-electron chi connectivity index (χ4n) is 2.60. The van der Waals surface area contributed by atoms with Crippen molar-refractivity contribution in [3.8, 4) is 28.6 Å². The molecule has 0 saturated carbocycles. The lowest BCUT2D eigenvalue weighted by atomic mass is 10.2. The molecule has 0 aliphatic carbocycles. The number of hydrogen-bond donors (Lipinski definition) is 1. The summed E-state index contributed by atoms with van der Waals surface area (Å²) in [5.41, 5.74) is 1.18. The first-order valence-electron chi connectivity index (χ1n) is 9.20. The first-order valence-corrected chi connectivity index (χ1v) is 9.20. The number of benzene rings is 2. The van der Waals surface area contributed by atoms with Crippen molar-refractivity contribution in [2.75, 3.05) is 20.8 Å². The van der Waals surface area contributed by atoms with Gasteiger partial charge in [-0.25, -0.2) is 0 Å². The summed E-state index contributed by atoms with van der Waals surface area (Å²) in [5.74, 6) is 2.37. The van der Waals surface area contributed by atoms with Gasteiger partial charge in [0.2, 0.25) is 11.7 Å². The summed E-state index contributed by atoms with van der Waals surface area (Å²) in [6, 6.07) is 12.3. The molecule has 3 rings (SSSR count). The Kier molecular flexibility index (Phi) is 6.67. The molecular formula is C21H23N3O5. The van der Waals surface area contributed by atoms with Crippen LogP contribution in [0.5, 0.6) is 17.2 Å². The average Bonchev–Trinajstić information content (AvgIpc) is 3.24. The van der Waals surface area contributed by atoms with E-state index in [1.165, 1.54) is 0 Å². The normalized spacial score (nSPS) is 10.4. The van der Waals surface area contributed by atoms with Crippen molar-refractivity contribution in [2.45, 2.75) is 19.9 Å². The van der Waals surface area contributed by atoms with Crippen LogP contribution in [-0.2, 0) is 6.54 Å². The summed E-state index contributed by atoms with van der Waals surface area (Å²) in [4.78, 5) is 16.6. The Morgan fingerprint density at radius 1 is 1.07 bits per heavy atom. The van der Waals surface area contributed by atoms with E-state index < -0.39 is 0 Å². The lowest BCUT2D eigenvalue weighted by Gasteiger charge is -2.07. The van der Waals surface area contributed by atoms with Crippen LogP contribution < -0.4 is 19.5 Å². The first kappa shape index (κ1) is 20.2. The number of methoxy groups -OCH3 is 2. The molecule has 8 heteroatoms. The van der Waals surface area contributed by atoms with Gasteiger partial charge in [-0.15, -0.1) is 0 Å². The number of rotatable bonds is 9. The molecule has 2 aromatic carbocycles. The maximum Gasteiger partial charge on any atom is 0.251 e. The van der Waals surface area contributed by atoms with Crippen LogP contribution in [-0.4, -0.2) is 36.9 Å². The molecule has 0 atom stereocenters. The van der Waals surface area contributed by atoms with Crippen LogP contribution in [0.3, 0.4) is 0 Å². The van der Waals surface area contributed by atoms with Gasteiger partial charge in [-0.05, 0) is 42.8 Å². The molecule has 29 heavy (non-hydrogen) atoms. The Hall–Kier alpha value is -3.55. The van der Waals surface area contributed by atoms with Gasteiger partial charge in [-0.2, -0.15) is 4.98 Å². The molecule has 1 N–H and O–H groups in total. The molecule has 0 saturated heterocycles. The monoisotopic (exact) mass is 397 g/mol. The molecule has 152 valence electrons. The second-order valence-corrected chi connectivity index (χ2v) is 6.13. The summed E-state index contributed by atoms with van der Waals surface area (Å²) >= 11 is 0. The molecular weight excluding hydrogens is 374 g/mol. The molecule has 0 aliphatic heterocycles. The van der Waals surface area contributed by atoms with E-state index in [1.807, 2.05) is 6.92 Å². The maximum absolute atomic E-state index is 12.3. The third-order valence-corrected chi connectivity index (χ3v) is 4.11. The Labute approximate surface area is 168 Å². The van der Waals surface area contributed by atoms with Crippen LogP contribution in [0.4, 0.5) is 0 Å². The van der Waals surface area contributed by atoms with E-state index in [2.05, 4.69) is 15.5 Å². The van der Waals surface area contributed by atoms with Crippen molar-refractivity contribution in [1.29, 1.82) is 0 Å². The molecule has 1 aromatic heterocycles. The lowest BCUT2D eigenvalue weighted by molar-refractivity contribution is 0.0946. The number of ether oxygens (including phenoxy) is 3. The van der Waals surface area contributed by atoms with E-state index in [0.29, 0.717) is 35.1 Å². The zero-order chi connectivity index (χ0) is 20.6. The van der Waals surface area contributed by atoms with Gasteiger partial charge in [0.05, 0.1) is 32.9 Å². The molecule has 0 aliphatic rings. The molecule has 3 aromatic rings. The highest BCUT2D eigenvalue weighted by Crippen LogP contribution is 2.31. The lowest BCUT2D eigenvalue weighted by Crippen LogP contribution is -2.22. The molecule has 1 amide bonds. The number of hydrogen-bond acceptors (Lipinski definition) is 7. The topological polar surface area (TPSA) is 95.7 Å². The van der Waals surface area contributed by atoms with Gasteiger partial charge in [0, 0.05) is 11.6 Å². The van der Waals surface area contributed by atoms with E-state index in [9.17, 15) is 4.79 Å². The predicted octanol–water partition coefficient (Wildman–Crippen LogP) is 3.47. The molecule has 0 radical (unpaired) electrons. The van der Waals surface area contributed by atoms with Crippen LogP contribution in [0.25, 0.3) is 11.4 Å². The smallest absolute Gasteiger partial charge is 0.251 e. The van der Waals surface area contributed by atoms with Crippen molar-refractivity contribution >= 4 is 5.91 Å². The Morgan fingerprint density at radius 2 is 1.83 bits per heavy atom. The molecule has 8 nitrogen and oxygen atoms in total. The van der Waals surface area contributed by atoms with Gasteiger partial charge in [0.15, 0.2) is 0 Å². The highest BCUT2D eigenvalue weighted by Gasteiger charge is 2.15. The van der Waals surface area contributed by atoms with Gasteiger partial charge in [0.1, 0.15) is 17.2 Å². The maximum atomic E-state index is 12.3. The fourth-order valence-corrected chi connectivity index (χ4v) is 2.60. The Bertz CT molecular complexity index is 953. The molecule has 0 unspecified atom stereocenters. The van der Waals surface area contributed by atoms with Crippen molar-refractivity contribution in [3.63, 3.8) is 0 Å². The van der Waals surface area contributed by atoms with Gasteiger partial charge in [0.25, 0.3) is 5.91 Å². The van der Waals surface area contributed by atoms with Gasteiger partial charge in [-0.1, -0.05) is 12.1 Å².